The van der Waals surface area contributed by atoms with E-state index in [1.165, 1.54) is 12.1 Å². The highest BCUT2D eigenvalue weighted by Crippen LogP contribution is 2.29. The number of alkyl halides is 2. The summed E-state index contributed by atoms with van der Waals surface area (Å²) in [7, 11) is -1.80. The van der Waals surface area contributed by atoms with Crippen molar-refractivity contribution in [2.75, 3.05) is 0 Å². The van der Waals surface area contributed by atoms with Crippen LogP contribution in [0.5, 0.6) is 0 Å². The second-order valence-electron chi connectivity index (χ2n) is 5.06. The zero-order valence-electron chi connectivity index (χ0n) is 10.5. The lowest BCUT2D eigenvalue weighted by Gasteiger charge is -2.18. The Balaban J connectivity index is 3.05. The van der Waals surface area contributed by atoms with Crippen LogP contribution in [0.4, 0.5) is 8.78 Å². The molecule has 1 nitrogen and oxygen atoms in total. The van der Waals surface area contributed by atoms with Gasteiger partial charge in [-0.2, -0.15) is 8.78 Å². The molecule has 0 saturated heterocycles. The van der Waals surface area contributed by atoms with E-state index in [0.717, 1.165) is 6.08 Å². The van der Waals surface area contributed by atoms with Crippen molar-refractivity contribution >= 4 is 36.4 Å². The first-order valence-corrected chi connectivity index (χ1v) is 10.1. The number of rotatable bonds is 4. The van der Waals surface area contributed by atoms with E-state index in [0.29, 0.717) is 3.20 Å². The molecule has 0 fully saturated rings. The van der Waals surface area contributed by atoms with Gasteiger partial charge in [-0.05, 0) is 9.28 Å². The van der Waals surface area contributed by atoms with E-state index >= 15 is 0 Å². The average molecular weight is 380 g/mol. The van der Waals surface area contributed by atoms with Crippen LogP contribution in [-0.4, -0.2) is 19.8 Å². The van der Waals surface area contributed by atoms with Crippen LogP contribution in [0, 0.1) is 0 Å². The summed E-state index contributed by atoms with van der Waals surface area (Å²) in [6.45, 7) is 5.90. The maximum atomic E-state index is 13.9. The van der Waals surface area contributed by atoms with E-state index in [9.17, 15) is 13.6 Å². The lowest BCUT2D eigenvalue weighted by Crippen LogP contribution is -2.30. The molecule has 0 amide bonds. The molecule has 0 atom stereocenters. The Morgan fingerprint density at radius 2 is 1.72 bits per heavy atom. The predicted molar refractivity (Wildman–Crippen MR) is 81.2 cm³/mol. The number of Topliss-reactive ketones (excluding diaryl/α,β-unsaturated/α-hetero) is 1. The fourth-order valence-corrected chi connectivity index (χ4v) is 2.23. The normalized spacial score (nSPS) is 13.6. The van der Waals surface area contributed by atoms with Crippen molar-refractivity contribution in [2.24, 2.45) is 0 Å². The molecule has 0 aliphatic rings. The van der Waals surface area contributed by atoms with E-state index in [4.69, 9.17) is 0 Å². The number of carbonyl (C=O) groups is 1. The summed E-state index contributed by atoms with van der Waals surface area (Å²) < 4.78 is 28.4. The summed E-state index contributed by atoms with van der Waals surface area (Å²) >= 11 is 1.92. The minimum atomic E-state index is -3.43. The van der Waals surface area contributed by atoms with Crippen molar-refractivity contribution in [2.45, 2.75) is 25.6 Å². The van der Waals surface area contributed by atoms with Crippen molar-refractivity contribution in [3.8, 4) is 0 Å². The molecule has 18 heavy (non-hydrogen) atoms. The maximum absolute atomic E-state index is 13.9. The monoisotopic (exact) mass is 380 g/mol. The highest BCUT2D eigenvalue weighted by Gasteiger charge is 2.38. The molecular formula is C13H15F2IOSi. The summed E-state index contributed by atoms with van der Waals surface area (Å²) in [5.41, 5.74) is 0.0403. The van der Waals surface area contributed by atoms with Gasteiger partial charge in [0, 0.05) is 5.56 Å². The van der Waals surface area contributed by atoms with Gasteiger partial charge in [0.2, 0.25) is 5.78 Å². The second-order valence-corrected chi connectivity index (χ2v) is 12.3. The van der Waals surface area contributed by atoms with Gasteiger partial charge in [-0.3, -0.25) is 4.79 Å². The largest absolute Gasteiger partial charge is 0.328 e. The number of halogens is 3. The SMILES string of the molecule is C[Si](C)(C)/C(I)=C\C(F)(F)C(=O)c1ccccc1. The number of hydrogen-bond donors (Lipinski definition) is 0. The molecule has 5 heteroatoms. The lowest BCUT2D eigenvalue weighted by molar-refractivity contribution is 0.0381. The minimum Gasteiger partial charge on any atom is -0.287 e. The molecule has 98 valence electrons. The van der Waals surface area contributed by atoms with Crippen LogP contribution in [0.3, 0.4) is 0 Å². The van der Waals surface area contributed by atoms with E-state index in [-0.39, 0.29) is 5.56 Å². The van der Waals surface area contributed by atoms with Gasteiger partial charge in [-0.15, -0.1) is 0 Å². The standard InChI is InChI=1S/C13H15F2IOSi/c1-18(2,3)11(16)9-13(14,15)12(17)10-7-5-4-6-8-10/h4-9H,1-3H3/b11-9-. The highest BCUT2D eigenvalue weighted by molar-refractivity contribution is 14.1. The zero-order valence-corrected chi connectivity index (χ0v) is 13.7. The summed E-state index contributed by atoms with van der Waals surface area (Å²) in [4.78, 5) is 11.7. The summed E-state index contributed by atoms with van der Waals surface area (Å²) in [6, 6.07) is 7.67. The van der Waals surface area contributed by atoms with Gasteiger partial charge in [0.25, 0.3) is 0 Å². The molecule has 0 saturated carbocycles. The summed E-state index contributed by atoms with van der Waals surface area (Å²) in [6.07, 6.45) is 0.815. The molecule has 1 aromatic rings. The Bertz CT molecular complexity index is 464. The molecule has 1 rings (SSSR count). The zero-order chi connectivity index (χ0) is 14.0. The highest BCUT2D eigenvalue weighted by atomic mass is 127. The Kier molecular flexibility index (Phi) is 4.82. The third-order valence-corrected chi connectivity index (χ3v) is 9.11. The average Bonchev–Trinajstić information content (AvgIpc) is 2.27. The van der Waals surface area contributed by atoms with Crippen LogP contribution in [-0.2, 0) is 0 Å². The lowest BCUT2D eigenvalue weighted by atomic mass is 10.1. The maximum Gasteiger partial charge on any atom is 0.328 e. The van der Waals surface area contributed by atoms with E-state index in [1.54, 1.807) is 18.2 Å². The van der Waals surface area contributed by atoms with Gasteiger partial charge in [-0.1, -0.05) is 72.6 Å². The van der Waals surface area contributed by atoms with Gasteiger partial charge in [0.15, 0.2) is 0 Å². The fourth-order valence-electron chi connectivity index (χ4n) is 1.22. The molecule has 0 spiro atoms. The number of benzene rings is 1. The van der Waals surface area contributed by atoms with Gasteiger partial charge in [0.1, 0.15) is 0 Å². The summed E-state index contributed by atoms with van der Waals surface area (Å²) in [5.74, 6) is -4.58. The first kappa shape index (κ1) is 15.5. The van der Waals surface area contributed by atoms with Crippen LogP contribution in [0.1, 0.15) is 10.4 Å². The first-order valence-electron chi connectivity index (χ1n) is 5.51. The van der Waals surface area contributed by atoms with E-state index in [2.05, 4.69) is 0 Å². The molecule has 0 aliphatic carbocycles. The minimum absolute atomic E-state index is 0.0403. The Hall–Kier alpha value is -0.563. The molecule has 0 heterocycles. The van der Waals surface area contributed by atoms with Crippen LogP contribution < -0.4 is 0 Å². The third kappa shape index (κ3) is 3.98. The Labute approximate surface area is 120 Å². The van der Waals surface area contributed by atoms with Crippen LogP contribution in [0.25, 0.3) is 0 Å². The third-order valence-electron chi connectivity index (χ3n) is 2.36. The topological polar surface area (TPSA) is 17.1 Å². The van der Waals surface area contributed by atoms with Crippen molar-refractivity contribution in [3.63, 3.8) is 0 Å². The van der Waals surface area contributed by atoms with Gasteiger partial charge in [-0.25, -0.2) is 0 Å². The number of allylic oxidation sites excluding steroid dienone is 1. The predicted octanol–water partition coefficient (Wildman–Crippen LogP) is 4.70. The van der Waals surface area contributed by atoms with Crippen LogP contribution >= 0.6 is 22.6 Å². The van der Waals surface area contributed by atoms with Crippen molar-refractivity contribution in [1.29, 1.82) is 0 Å². The van der Waals surface area contributed by atoms with E-state index < -0.39 is 19.8 Å². The number of carbonyl (C=O) groups excluding carboxylic acids is 1. The molecule has 0 aliphatic heterocycles. The Morgan fingerprint density at radius 1 is 1.22 bits per heavy atom. The van der Waals surface area contributed by atoms with Crippen LogP contribution in [0.2, 0.25) is 19.6 Å². The van der Waals surface area contributed by atoms with Gasteiger partial charge < -0.3 is 0 Å². The molecular weight excluding hydrogens is 365 g/mol. The Morgan fingerprint density at radius 3 is 2.17 bits per heavy atom. The number of ketones is 1. The fraction of sp³-hybridized carbons (Fsp3) is 0.308. The van der Waals surface area contributed by atoms with Crippen LogP contribution in [0.15, 0.2) is 39.6 Å². The number of hydrogen-bond acceptors (Lipinski definition) is 1. The van der Waals surface area contributed by atoms with Crippen molar-refractivity contribution in [1.82, 2.24) is 0 Å². The molecule has 0 radical (unpaired) electrons. The molecule has 0 bridgehead atoms. The molecule has 0 N–H and O–H groups in total. The molecule has 0 unspecified atom stereocenters. The second kappa shape index (κ2) is 5.60. The molecule has 0 aromatic heterocycles. The molecule has 1 aromatic carbocycles. The first-order chi connectivity index (χ1) is 8.14. The van der Waals surface area contributed by atoms with Crippen molar-refractivity contribution in [3.05, 3.63) is 45.2 Å². The van der Waals surface area contributed by atoms with Crippen molar-refractivity contribution < 1.29 is 13.6 Å². The quantitative estimate of drug-likeness (QED) is 0.420. The van der Waals surface area contributed by atoms with E-state index in [1.807, 2.05) is 42.2 Å². The van der Waals surface area contributed by atoms with Gasteiger partial charge in [0.05, 0.1) is 8.07 Å². The smallest absolute Gasteiger partial charge is 0.287 e. The summed E-state index contributed by atoms with van der Waals surface area (Å²) in [5, 5.41) is 0. The van der Waals surface area contributed by atoms with Gasteiger partial charge >= 0.3 is 5.92 Å².